The predicted molar refractivity (Wildman–Crippen MR) is 67.8 cm³/mol. The minimum Gasteiger partial charge on any atom is -0.384 e. The minimum atomic E-state index is 0.542. The zero-order valence-corrected chi connectivity index (χ0v) is 9.47. The van der Waals surface area contributed by atoms with Gasteiger partial charge in [0.15, 0.2) is 0 Å². The highest BCUT2D eigenvalue weighted by Gasteiger charge is 2.08. The van der Waals surface area contributed by atoms with Crippen LogP contribution in [0.1, 0.15) is 5.69 Å². The second-order valence-corrected chi connectivity index (χ2v) is 4.31. The van der Waals surface area contributed by atoms with Crippen LogP contribution in [-0.2, 0) is 0 Å². The molecule has 0 saturated heterocycles. The summed E-state index contributed by atoms with van der Waals surface area (Å²) in [5.41, 5.74) is 8.69. The van der Waals surface area contributed by atoms with Gasteiger partial charge in [-0.2, -0.15) is 0 Å². The lowest BCUT2D eigenvalue weighted by Gasteiger charge is -1.97. The van der Waals surface area contributed by atoms with Gasteiger partial charge in [-0.15, -0.1) is 0 Å². The average molecular weight is 232 g/mol. The van der Waals surface area contributed by atoms with Crippen LogP contribution in [0, 0.1) is 6.92 Å². The fourth-order valence-corrected chi connectivity index (χ4v) is 2.23. The number of pyridine rings is 1. The summed E-state index contributed by atoms with van der Waals surface area (Å²) in [6.45, 7) is 1.94. The Morgan fingerprint density at radius 1 is 1.25 bits per heavy atom. The van der Waals surface area contributed by atoms with E-state index >= 15 is 0 Å². The van der Waals surface area contributed by atoms with Crippen molar-refractivity contribution in [1.82, 2.24) is 9.97 Å². The fraction of sp³-hybridized carbons (Fsp3) is 0.0833. The molecule has 0 fully saturated rings. The van der Waals surface area contributed by atoms with Crippen molar-refractivity contribution >= 4 is 39.2 Å². The van der Waals surface area contributed by atoms with Crippen molar-refractivity contribution < 1.29 is 0 Å². The van der Waals surface area contributed by atoms with Gasteiger partial charge in [-0.05, 0) is 25.1 Å². The van der Waals surface area contributed by atoms with E-state index < -0.39 is 0 Å². The molecule has 3 rings (SSSR count). The molecule has 4 heteroatoms. The van der Waals surface area contributed by atoms with Gasteiger partial charge in [0, 0.05) is 21.3 Å². The van der Waals surface area contributed by atoms with Crippen molar-refractivity contribution in [2.45, 2.75) is 6.92 Å². The number of nitrogens with two attached hydrogens (primary N) is 1. The largest absolute Gasteiger partial charge is 0.384 e. The first-order valence-corrected chi connectivity index (χ1v) is 5.37. The van der Waals surface area contributed by atoms with Crippen molar-refractivity contribution in [3.63, 3.8) is 0 Å². The molecule has 0 spiro atoms. The molecule has 2 aromatic heterocycles. The van der Waals surface area contributed by atoms with E-state index in [1.165, 1.54) is 0 Å². The monoisotopic (exact) mass is 231 g/mol. The van der Waals surface area contributed by atoms with Crippen molar-refractivity contribution in [2.24, 2.45) is 0 Å². The second-order valence-electron chi connectivity index (χ2n) is 3.87. The summed E-state index contributed by atoms with van der Waals surface area (Å²) < 4.78 is 0. The number of benzene rings is 1. The van der Waals surface area contributed by atoms with Crippen LogP contribution >= 0.6 is 11.6 Å². The Morgan fingerprint density at radius 3 is 2.88 bits per heavy atom. The fourth-order valence-electron chi connectivity index (χ4n) is 2.06. The quantitative estimate of drug-likeness (QED) is 0.624. The van der Waals surface area contributed by atoms with Crippen molar-refractivity contribution in [3.05, 3.63) is 35.0 Å². The Kier molecular flexibility index (Phi) is 1.85. The molecule has 0 aliphatic carbocycles. The molecule has 3 nitrogen and oxygen atoms in total. The third-order valence-corrected chi connectivity index (χ3v) is 2.99. The van der Waals surface area contributed by atoms with Gasteiger partial charge >= 0.3 is 0 Å². The number of aryl methyl sites for hydroxylation is 1. The van der Waals surface area contributed by atoms with E-state index in [1.807, 2.05) is 31.2 Å². The number of halogens is 1. The lowest BCUT2D eigenvalue weighted by molar-refractivity contribution is 1.23. The summed E-state index contributed by atoms with van der Waals surface area (Å²) in [6, 6.07) is 7.67. The maximum Gasteiger partial charge on any atom is 0.124 e. The lowest BCUT2D eigenvalue weighted by atomic mass is 10.1. The van der Waals surface area contributed by atoms with Crippen LogP contribution in [0.2, 0.25) is 5.02 Å². The van der Waals surface area contributed by atoms with E-state index in [-0.39, 0.29) is 0 Å². The first-order valence-electron chi connectivity index (χ1n) is 4.99. The van der Waals surface area contributed by atoms with E-state index in [0.29, 0.717) is 5.82 Å². The van der Waals surface area contributed by atoms with Crippen LogP contribution in [-0.4, -0.2) is 9.97 Å². The number of nitrogens with one attached hydrogen (secondary N) is 1. The topological polar surface area (TPSA) is 54.7 Å². The number of nitrogen functional groups attached to an aromatic ring is 1. The molecular formula is C12H10ClN3. The second kappa shape index (κ2) is 3.12. The summed E-state index contributed by atoms with van der Waals surface area (Å²) in [6.07, 6.45) is 0. The standard InChI is InChI=1S/C12H10ClN3/c1-6-12-9(5-11(14)15-6)8-3-2-7(13)4-10(8)16-12/h2-5,16H,1H3,(H2,14,15). The summed E-state index contributed by atoms with van der Waals surface area (Å²) in [5.74, 6) is 0.542. The molecule has 0 radical (unpaired) electrons. The Morgan fingerprint density at radius 2 is 2.06 bits per heavy atom. The summed E-state index contributed by atoms with van der Waals surface area (Å²) in [5, 5.41) is 2.94. The number of hydrogen-bond acceptors (Lipinski definition) is 2. The number of rotatable bonds is 0. The van der Waals surface area contributed by atoms with E-state index in [0.717, 1.165) is 32.5 Å². The Labute approximate surface area is 97.2 Å². The number of nitrogens with zero attached hydrogens (tertiary/aromatic N) is 1. The van der Waals surface area contributed by atoms with Gasteiger partial charge in [0.1, 0.15) is 5.82 Å². The van der Waals surface area contributed by atoms with Gasteiger partial charge in [0.05, 0.1) is 11.2 Å². The number of anilines is 1. The molecule has 3 aromatic rings. The first-order chi connectivity index (χ1) is 7.65. The van der Waals surface area contributed by atoms with Gasteiger partial charge in [-0.25, -0.2) is 4.98 Å². The maximum atomic E-state index is 5.96. The zero-order chi connectivity index (χ0) is 11.3. The predicted octanol–water partition coefficient (Wildman–Crippen LogP) is 3.26. The molecule has 0 aliphatic heterocycles. The number of H-pyrrole nitrogens is 1. The third kappa shape index (κ3) is 1.25. The molecule has 3 N–H and O–H groups in total. The molecule has 80 valence electrons. The van der Waals surface area contributed by atoms with E-state index in [2.05, 4.69) is 9.97 Å². The van der Waals surface area contributed by atoms with Gasteiger partial charge in [-0.1, -0.05) is 17.7 Å². The van der Waals surface area contributed by atoms with Crippen LogP contribution in [0.15, 0.2) is 24.3 Å². The van der Waals surface area contributed by atoms with Crippen molar-refractivity contribution in [1.29, 1.82) is 0 Å². The zero-order valence-electron chi connectivity index (χ0n) is 8.71. The number of aromatic nitrogens is 2. The first kappa shape index (κ1) is 9.48. The van der Waals surface area contributed by atoms with Crippen molar-refractivity contribution in [2.75, 3.05) is 5.73 Å². The Bertz CT molecular complexity index is 700. The maximum absolute atomic E-state index is 5.96. The van der Waals surface area contributed by atoms with Crippen LogP contribution in [0.5, 0.6) is 0 Å². The summed E-state index contributed by atoms with van der Waals surface area (Å²) in [4.78, 5) is 7.54. The highest BCUT2D eigenvalue weighted by atomic mass is 35.5. The molecule has 16 heavy (non-hydrogen) atoms. The normalized spacial score (nSPS) is 11.4. The van der Waals surface area contributed by atoms with Gasteiger partial charge < -0.3 is 10.7 Å². The SMILES string of the molecule is Cc1nc(N)cc2c1[nH]c1cc(Cl)ccc12. The van der Waals surface area contributed by atoms with E-state index in [1.54, 1.807) is 0 Å². The summed E-state index contributed by atoms with van der Waals surface area (Å²) in [7, 11) is 0. The molecule has 2 heterocycles. The van der Waals surface area contributed by atoms with E-state index in [4.69, 9.17) is 17.3 Å². The molecule has 0 unspecified atom stereocenters. The highest BCUT2D eigenvalue weighted by Crippen LogP contribution is 2.29. The van der Waals surface area contributed by atoms with Crippen LogP contribution in [0.25, 0.3) is 21.8 Å². The summed E-state index contributed by atoms with van der Waals surface area (Å²) >= 11 is 5.96. The number of hydrogen-bond donors (Lipinski definition) is 2. The van der Waals surface area contributed by atoms with E-state index in [9.17, 15) is 0 Å². The van der Waals surface area contributed by atoms with Crippen LogP contribution in [0.3, 0.4) is 0 Å². The molecule has 0 amide bonds. The molecular weight excluding hydrogens is 222 g/mol. The molecule has 0 bridgehead atoms. The minimum absolute atomic E-state index is 0.542. The van der Waals surface area contributed by atoms with Gasteiger partial charge in [0.2, 0.25) is 0 Å². The smallest absolute Gasteiger partial charge is 0.124 e. The number of aromatic amines is 1. The van der Waals surface area contributed by atoms with Crippen molar-refractivity contribution in [3.8, 4) is 0 Å². The van der Waals surface area contributed by atoms with Crippen LogP contribution in [0.4, 0.5) is 5.82 Å². The molecule has 1 aromatic carbocycles. The van der Waals surface area contributed by atoms with Crippen LogP contribution < -0.4 is 5.73 Å². The average Bonchev–Trinajstić information content (AvgIpc) is 2.56. The molecule has 0 saturated carbocycles. The Balaban J connectivity index is 2.55. The third-order valence-electron chi connectivity index (χ3n) is 2.75. The van der Waals surface area contributed by atoms with Gasteiger partial charge in [0.25, 0.3) is 0 Å². The molecule has 0 atom stereocenters. The highest BCUT2D eigenvalue weighted by molar-refractivity contribution is 6.31. The van der Waals surface area contributed by atoms with Gasteiger partial charge in [-0.3, -0.25) is 0 Å². The Hall–Kier alpha value is -1.74. The number of fused-ring (bicyclic) bond motifs is 3. The lowest BCUT2D eigenvalue weighted by Crippen LogP contribution is -1.92. The molecule has 0 aliphatic rings.